The highest BCUT2D eigenvalue weighted by molar-refractivity contribution is 5.63. The van der Waals surface area contributed by atoms with E-state index >= 15 is 0 Å². The second-order valence-corrected chi connectivity index (χ2v) is 6.87. The highest BCUT2D eigenvalue weighted by atomic mass is 16.5. The topological polar surface area (TPSA) is 42.7 Å². The Kier molecular flexibility index (Phi) is 4.40. The minimum absolute atomic E-state index is 0.639. The van der Waals surface area contributed by atoms with Gasteiger partial charge in [0, 0.05) is 17.7 Å². The molecule has 1 saturated heterocycles. The molecular weight excluding hydrogens is 312 g/mol. The number of hydrogen-bond acceptors (Lipinski definition) is 4. The van der Waals surface area contributed by atoms with E-state index in [1.54, 1.807) is 0 Å². The number of aryl methyl sites for hydroxylation is 1. The van der Waals surface area contributed by atoms with Crippen molar-refractivity contribution in [3.8, 4) is 17.1 Å². The first kappa shape index (κ1) is 16.1. The zero-order valence-corrected chi connectivity index (χ0v) is 14.9. The molecule has 4 rings (SSSR count). The van der Waals surface area contributed by atoms with Crippen LogP contribution in [0, 0.1) is 6.92 Å². The van der Waals surface area contributed by atoms with Crippen LogP contribution in [-0.2, 0) is 0 Å². The van der Waals surface area contributed by atoms with E-state index in [0.717, 1.165) is 23.3 Å². The fraction of sp³-hybridized carbons (Fsp3) is 0.400. The van der Waals surface area contributed by atoms with Gasteiger partial charge in [-0.25, -0.2) is 9.50 Å². The molecule has 3 heterocycles. The third-order valence-corrected chi connectivity index (χ3v) is 5.02. The minimum atomic E-state index is 0.639. The van der Waals surface area contributed by atoms with Crippen molar-refractivity contribution in [2.24, 2.45) is 0 Å². The summed E-state index contributed by atoms with van der Waals surface area (Å²) in [6, 6.07) is 12.9. The molecule has 0 N–H and O–H groups in total. The SMILES string of the molecule is Cc1cccc(-c2cnc3ccc(OCCC4CCCN4C)nn23)c1. The lowest BCUT2D eigenvalue weighted by atomic mass is 10.1. The van der Waals surface area contributed by atoms with Crippen LogP contribution in [0.4, 0.5) is 0 Å². The summed E-state index contributed by atoms with van der Waals surface area (Å²) in [5.41, 5.74) is 4.16. The van der Waals surface area contributed by atoms with E-state index in [1.807, 2.05) is 22.8 Å². The van der Waals surface area contributed by atoms with Gasteiger partial charge in [0.05, 0.1) is 18.5 Å². The summed E-state index contributed by atoms with van der Waals surface area (Å²) < 4.78 is 7.79. The maximum absolute atomic E-state index is 5.92. The minimum Gasteiger partial charge on any atom is -0.477 e. The average Bonchev–Trinajstić information content (AvgIpc) is 3.21. The van der Waals surface area contributed by atoms with Crippen molar-refractivity contribution < 1.29 is 4.74 Å². The predicted octanol–water partition coefficient (Wildman–Crippen LogP) is 3.57. The lowest BCUT2D eigenvalue weighted by Gasteiger charge is -2.19. The summed E-state index contributed by atoms with van der Waals surface area (Å²) in [7, 11) is 2.20. The quantitative estimate of drug-likeness (QED) is 0.714. The van der Waals surface area contributed by atoms with Crippen molar-refractivity contribution >= 4 is 5.65 Å². The molecule has 0 radical (unpaired) electrons. The lowest BCUT2D eigenvalue weighted by Crippen LogP contribution is -2.26. The fourth-order valence-corrected chi connectivity index (χ4v) is 3.58. The van der Waals surface area contributed by atoms with Gasteiger partial charge in [-0.3, -0.25) is 0 Å². The molecule has 1 unspecified atom stereocenters. The van der Waals surface area contributed by atoms with Crippen molar-refractivity contribution in [1.82, 2.24) is 19.5 Å². The van der Waals surface area contributed by atoms with Gasteiger partial charge in [-0.2, -0.15) is 0 Å². The summed E-state index contributed by atoms with van der Waals surface area (Å²) in [5.74, 6) is 0.653. The molecule has 1 atom stereocenters. The van der Waals surface area contributed by atoms with Crippen molar-refractivity contribution in [3.05, 3.63) is 48.2 Å². The predicted molar refractivity (Wildman–Crippen MR) is 98.9 cm³/mol. The molecule has 0 aliphatic carbocycles. The maximum atomic E-state index is 5.92. The van der Waals surface area contributed by atoms with E-state index in [1.165, 1.54) is 24.9 Å². The molecular formula is C20H24N4O. The number of nitrogens with zero attached hydrogens (tertiary/aromatic N) is 4. The number of imidazole rings is 1. The highest BCUT2D eigenvalue weighted by Gasteiger charge is 2.20. The van der Waals surface area contributed by atoms with Gasteiger partial charge in [0.1, 0.15) is 0 Å². The number of ether oxygens (including phenoxy) is 1. The lowest BCUT2D eigenvalue weighted by molar-refractivity contribution is 0.227. The van der Waals surface area contributed by atoms with Gasteiger partial charge in [-0.05, 0) is 51.9 Å². The Balaban J connectivity index is 1.52. The number of aromatic nitrogens is 3. The Hall–Kier alpha value is -2.40. The molecule has 0 bridgehead atoms. The summed E-state index contributed by atoms with van der Waals surface area (Å²) in [6.07, 6.45) is 5.48. The van der Waals surface area contributed by atoms with Crippen LogP contribution in [-0.4, -0.2) is 45.7 Å². The van der Waals surface area contributed by atoms with E-state index in [2.05, 4.69) is 53.2 Å². The molecule has 130 valence electrons. The monoisotopic (exact) mass is 336 g/mol. The molecule has 1 aliphatic heterocycles. The zero-order valence-electron chi connectivity index (χ0n) is 14.9. The van der Waals surface area contributed by atoms with Gasteiger partial charge in [0.15, 0.2) is 5.65 Å². The molecule has 1 aliphatic rings. The van der Waals surface area contributed by atoms with Crippen LogP contribution in [0.3, 0.4) is 0 Å². The largest absolute Gasteiger partial charge is 0.477 e. The normalized spacial score (nSPS) is 18.1. The molecule has 1 fully saturated rings. The molecule has 0 spiro atoms. The van der Waals surface area contributed by atoms with E-state index in [9.17, 15) is 0 Å². The molecule has 5 nitrogen and oxygen atoms in total. The Morgan fingerprint density at radius 2 is 2.16 bits per heavy atom. The Morgan fingerprint density at radius 3 is 2.96 bits per heavy atom. The van der Waals surface area contributed by atoms with Crippen molar-refractivity contribution in [2.45, 2.75) is 32.2 Å². The third kappa shape index (κ3) is 3.37. The van der Waals surface area contributed by atoms with Crippen LogP contribution in [0.1, 0.15) is 24.8 Å². The number of rotatable bonds is 5. The first-order valence-corrected chi connectivity index (χ1v) is 8.95. The number of likely N-dealkylation sites (tertiary alicyclic amines) is 1. The smallest absolute Gasteiger partial charge is 0.231 e. The Bertz CT molecular complexity index is 873. The molecule has 5 heteroatoms. The second-order valence-electron chi connectivity index (χ2n) is 6.87. The molecule has 3 aromatic rings. The summed E-state index contributed by atoms with van der Waals surface area (Å²) in [5, 5.41) is 4.64. The van der Waals surface area contributed by atoms with Gasteiger partial charge in [0.25, 0.3) is 0 Å². The van der Waals surface area contributed by atoms with Gasteiger partial charge in [-0.15, -0.1) is 5.10 Å². The molecule has 2 aromatic heterocycles. The van der Waals surface area contributed by atoms with Gasteiger partial charge >= 0.3 is 0 Å². The van der Waals surface area contributed by atoms with Crippen LogP contribution in [0.25, 0.3) is 16.9 Å². The van der Waals surface area contributed by atoms with Crippen LogP contribution >= 0.6 is 0 Å². The first-order valence-electron chi connectivity index (χ1n) is 8.95. The molecule has 1 aromatic carbocycles. The van der Waals surface area contributed by atoms with E-state index in [0.29, 0.717) is 18.5 Å². The van der Waals surface area contributed by atoms with Crippen molar-refractivity contribution in [3.63, 3.8) is 0 Å². The van der Waals surface area contributed by atoms with E-state index in [4.69, 9.17) is 4.74 Å². The Labute approximate surface area is 148 Å². The number of benzene rings is 1. The summed E-state index contributed by atoms with van der Waals surface area (Å²) in [6.45, 7) is 3.99. The Morgan fingerprint density at radius 1 is 1.24 bits per heavy atom. The van der Waals surface area contributed by atoms with Gasteiger partial charge < -0.3 is 9.64 Å². The fourth-order valence-electron chi connectivity index (χ4n) is 3.58. The van der Waals surface area contributed by atoms with Crippen LogP contribution in [0.2, 0.25) is 0 Å². The maximum Gasteiger partial charge on any atom is 0.231 e. The average molecular weight is 336 g/mol. The summed E-state index contributed by atoms with van der Waals surface area (Å²) in [4.78, 5) is 6.88. The number of hydrogen-bond donors (Lipinski definition) is 0. The van der Waals surface area contributed by atoms with Gasteiger partial charge in [0.2, 0.25) is 5.88 Å². The highest BCUT2D eigenvalue weighted by Crippen LogP contribution is 2.23. The van der Waals surface area contributed by atoms with E-state index in [-0.39, 0.29) is 0 Å². The standard InChI is InChI=1S/C20H24N4O/c1-15-5-3-6-16(13-15)18-14-21-19-8-9-20(22-24(18)19)25-12-10-17-7-4-11-23(17)2/h3,5-6,8-9,13-14,17H,4,7,10-12H2,1-2H3. The van der Waals surface area contributed by atoms with Gasteiger partial charge in [-0.1, -0.05) is 23.8 Å². The van der Waals surface area contributed by atoms with Crippen molar-refractivity contribution in [2.75, 3.05) is 20.2 Å². The van der Waals surface area contributed by atoms with Crippen LogP contribution in [0.15, 0.2) is 42.6 Å². The summed E-state index contributed by atoms with van der Waals surface area (Å²) >= 11 is 0. The molecule has 0 saturated carbocycles. The first-order chi connectivity index (χ1) is 12.2. The number of fused-ring (bicyclic) bond motifs is 1. The second kappa shape index (κ2) is 6.84. The van der Waals surface area contributed by atoms with Crippen molar-refractivity contribution in [1.29, 1.82) is 0 Å². The van der Waals surface area contributed by atoms with Crippen LogP contribution in [0.5, 0.6) is 5.88 Å². The molecule has 0 amide bonds. The van der Waals surface area contributed by atoms with E-state index < -0.39 is 0 Å². The zero-order chi connectivity index (χ0) is 17.2. The third-order valence-electron chi connectivity index (χ3n) is 5.02. The van der Waals surface area contributed by atoms with Crippen LogP contribution < -0.4 is 4.74 Å². The molecule has 25 heavy (non-hydrogen) atoms.